The number of Topliss-reactive ketones (excluding diaryl/α,β-unsaturated/α-hetero) is 1. The monoisotopic (exact) mass is 457 g/mol. The number of carbonyl (C=O) groups excluding carboxylic acids is 1. The first kappa shape index (κ1) is 18.5. The van der Waals surface area contributed by atoms with E-state index >= 15 is 0 Å². The topological polar surface area (TPSA) is 83.4 Å². The summed E-state index contributed by atoms with van der Waals surface area (Å²) in [7, 11) is 1.53. The molecule has 1 aliphatic heterocycles. The van der Waals surface area contributed by atoms with Gasteiger partial charge < -0.3 is 20.1 Å². The highest BCUT2D eigenvalue weighted by atomic mass is 127. The highest BCUT2D eigenvalue weighted by molar-refractivity contribution is 14.1. The normalized spacial score (nSPS) is 16.8. The Morgan fingerprint density at radius 3 is 2.79 bits per heavy atom. The Labute approximate surface area is 159 Å². The number of ketones is 1. The molecule has 2 rings (SSSR count). The molecular formula is C16H16IN3O3S. The lowest BCUT2D eigenvalue weighted by Gasteiger charge is -2.30. The van der Waals surface area contributed by atoms with Gasteiger partial charge in [0, 0.05) is 11.3 Å². The van der Waals surface area contributed by atoms with E-state index in [0.29, 0.717) is 22.2 Å². The van der Waals surface area contributed by atoms with Crippen molar-refractivity contribution in [1.82, 2.24) is 10.6 Å². The van der Waals surface area contributed by atoms with Gasteiger partial charge >= 0.3 is 0 Å². The van der Waals surface area contributed by atoms with E-state index in [1.54, 1.807) is 6.07 Å². The van der Waals surface area contributed by atoms with E-state index in [4.69, 9.17) is 27.0 Å². The number of hydrogen-bond acceptors (Lipinski definition) is 5. The number of methoxy groups -OCH3 is 1. The number of nitrogens with one attached hydrogen (secondary N) is 2. The standard InChI is InChI=1S/C16H16IN3O3S/c1-8-13(9(2)21)14(20-16(24)19-8)10-6-11(17)15(23-5-4-18)12(7-10)22-3/h6-7,14H,5H2,1-3H3,(H2,19,20,24). The summed E-state index contributed by atoms with van der Waals surface area (Å²) in [6, 6.07) is 5.24. The predicted octanol–water partition coefficient (Wildman–Crippen LogP) is 2.58. The number of nitrogens with zero attached hydrogens (tertiary/aromatic N) is 1. The first-order chi connectivity index (χ1) is 11.4. The zero-order chi connectivity index (χ0) is 17.9. The fourth-order valence-corrected chi connectivity index (χ4v) is 3.61. The molecule has 24 heavy (non-hydrogen) atoms. The van der Waals surface area contributed by atoms with E-state index in [-0.39, 0.29) is 18.4 Å². The van der Waals surface area contributed by atoms with Crippen molar-refractivity contribution in [3.05, 3.63) is 32.5 Å². The Morgan fingerprint density at radius 2 is 2.21 bits per heavy atom. The summed E-state index contributed by atoms with van der Waals surface area (Å²) in [5, 5.41) is 15.3. The van der Waals surface area contributed by atoms with Crippen molar-refractivity contribution in [1.29, 1.82) is 5.26 Å². The van der Waals surface area contributed by atoms with Crippen molar-refractivity contribution in [2.75, 3.05) is 13.7 Å². The molecule has 0 amide bonds. The molecule has 1 heterocycles. The van der Waals surface area contributed by atoms with E-state index in [9.17, 15) is 4.79 Å². The van der Waals surface area contributed by atoms with Crippen LogP contribution >= 0.6 is 34.8 Å². The molecule has 6 nitrogen and oxygen atoms in total. The van der Waals surface area contributed by atoms with Crippen LogP contribution in [0.2, 0.25) is 0 Å². The van der Waals surface area contributed by atoms with Crippen LogP contribution in [0, 0.1) is 14.9 Å². The average Bonchev–Trinajstić information content (AvgIpc) is 2.51. The number of carbonyl (C=O) groups is 1. The third-order valence-corrected chi connectivity index (χ3v) is 4.54. The summed E-state index contributed by atoms with van der Waals surface area (Å²) in [6.45, 7) is 3.28. The lowest BCUT2D eigenvalue weighted by Crippen LogP contribution is -2.44. The van der Waals surface area contributed by atoms with E-state index < -0.39 is 0 Å². The predicted molar refractivity (Wildman–Crippen MR) is 102 cm³/mol. The molecule has 0 spiro atoms. The lowest BCUT2D eigenvalue weighted by molar-refractivity contribution is -0.114. The fourth-order valence-electron chi connectivity index (χ4n) is 2.56. The highest BCUT2D eigenvalue weighted by Crippen LogP contribution is 2.38. The van der Waals surface area contributed by atoms with Crippen LogP contribution in [0.4, 0.5) is 0 Å². The van der Waals surface area contributed by atoms with Crippen LogP contribution in [0.3, 0.4) is 0 Å². The number of ether oxygens (including phenoxy) is 2. The van der Waals surface area contributed by atoms with Crippen molar-refractivity contribution in [2.24, 2.45) is 0 Å². The van der Waals surface area contributed by atoms with Crippen molar-refractivity contribution in [3.63, 3.8) is 0 Å². The maximum Gasteiger partial charge on any atom is 0.176 e. The molecule has 1 aliphatic rings. The van der Waals surface area contributed by atoms with Crippen molar-refractivity contribution < 1.29 is 14.3 Å². The molecule has 0 fully saturated rings. The number of nitriles is 1. The summed E-state index contributed by atoms with van der Waals surface area (Å²) < 4.78 is 11.6. The fraction of sp³-hybridized carbons (Fsp3) is 0.312. The molecule has 126 valence electrons. The third kappa shape index (κ3) is 3.79. The van der Waals surface area contributed by atoms with Gasteiger partial charge in [0.1, 0.15) is 6.07 Å². The number of allylic oxidation sites excluding steroid dienone is 1. The summed E-state index contributed by atoms with van der Waals surface area (Å²) in [6.07, 6.45) is 0. The lowest BCUT2D eigenvalue weighted by atomic mass is 9.93. The summed E-state index contributed by atoms with van der Waals surface area (Å²) >= 11 is 7.33. The van der Waals surface area contributed by atoms with Gasteiger partial charge in [-0.1, -0.05) is 0 Å². The second-order valence-corrected chi connectivity index (χ2v) is 6.68. The minimum absolute atomic E-state index is 0.0428. The minimum Gasteiger partial charge on any atom is -0.493 e. The van der Waals surface area contributed by atoms with Gasteiger partial charge in [0.05, 0.1) is 16.7 Å². The molecule has 0 saturated carbocycles. The quantitative estimate of drug-likeness (QED) is 0.520. The van der Waals surface area contributed by atoms with Crippen molar-refractivity contribution >= 4 is 45.7 Å². The van der Waals surface area contributed by atoms with E-state index in [1.807, 2.05) is 19.1 Å². The van der Waals surface area contributed by atoms with Crippen molar-refractivity contribution in [3.8, 4) is 17.6 Å². The second kappa shape index (κ2) is 7.81. The van der Waals surface area contributed by atoms with E-state index in [1.165, 1.54) is 14.0 Å². The van der Waals surface area contributed by atoms with E-state index in [0.717, 1.165) is 14.8 Å². The van der Waals surface area contributed by atoms with Crippen LogP contribution in [0.25, 0.3) is 0 Å². The van der Waals surface area contributed by atoms with Gasteiger partial charge in [0.25, 0.3) is 0 Å². The van der Waals surface area contributed by atoms with Crippen LogP contribution in [0.5, 0.6) is 11.5 Å². The number of benzene rings is 1. The molecule has 1 aromatic rings. The van der Waals surface area contributed by atoms with Crippen LogP contribution in [0.1, 0.15) is 25.5 Å². The SMILES string of the molecule is COc1cc(C2NC(=S)NC(C)=C2C(C)=O)cc(I)c1OCC#N. The Balaban J connectivity index is 2.53. The average molecular weight is 457 g/mol. The summed E-state index contributed by atoms with van der Waals surface area (Å²) in [5.74, 6) is 0.961. The highest BCUT2D eigenvalue weighted by Gasteiger charge is 2.29. The Kier molecular flexibility index (Phi) is 6.01. The number of hydrogen-bond donors (Lipinski definition) is 2. The van der Waals surface area contributed by atoms with Crippen LogP contribution in [-0.2, 0) is 4.79 Å². The zero-order valence-corrected chi connectivity index (χ0v) is 16.4. The Morgan fingerprint density at radius 1 is 1.50 bits per heavy atom. The van der Waals surface area contributed by atoms with Gasteiger partial charge in [0.15, 0.2) is 29.0 Å². The first-order valence-electron chi connectivity index (χ1n) is 7.05. The number of rotatable bonds is 5. The van der Waals surface area contributed by atoms with Gasteiger partial charge in [-0.05, 0) is 66.4 Å². The van der Waals surface area contributed by atoms with Crippen LogP contribution in [-0.4, -0.2) is 24.6 Å². The maximum atomic E-state index is 12.1. The second-order valence-electron chi connectivity index (χ2n) is 5.11. The largest absolute Gasteiger partial charge is 0.493 e. The zero-order valence-electron chi connectivity index (χ0n) is 13.4. The van der Waals surface area contributed by atoms with Gasteiger partial charge in [-0.3, -0.25) is 4.79 Å². The molecular weight excluding hydrogens is 441 g/mol. The van der Waals surface area contributed by atoms with Gasteiger partial charge in [0.2, 0.25) is 0 Å². The molecule has 1 aromatic carbocycles. The molecule has 0 bridgehead atoms. The van der Waals surface area contributed by atoms with Crippen molar-refractivity contribution in [2.45, 2.75) is 19.9 Å². The minimum atomic E-state index is -0.372. The van der Waals surface area contributed by atoms with E-state index in [2.05, 4.69) is 33.2 Å². The molecule has 0 radical (unpaired) electrons. The molecule has 8 heteroatoms. The van der Waals surface area contributed by atoms with Gasteiger partial charge in [-0.15, -0.1) is 0 Å². The first-order valence-corrected chi connectivity index (χ1v) is 8.54. The molecule has 0 aromatic heterocycles. The van der Waals surface area contributed by atoms with Gasteiger partial charge in [-0.25, -0.2) is 0 Å². The molecule has 0 aliphatic carbocycles. The molecule has 1 atom stereocenters. The Hall–Kier alpha value is -1.86. The molecule has 0 saturated heterocycles. The molecule has 2 N–H and O–H groups in total. The van der Waals surface area contributed by atoms with Crippen LogP contribution in [0.15, 0.2) is 23.4 Å². The maximum absolute atomic E-state index is 12.1. The number of halogens is 1. The molecule has 1 unspecified atom stereocenters. The van der Waals surface area contributed by atoms with Gasteiger partial charge in [-0.2, -0.15) is 5.26 Å². The Bertz CT molecular complexity index is 771. The summed E-state index contributed by atoms with van der Waals surface area (Å²) in [4.78, 5) is 12.1. The number of thiocarbonyl (C=S) groups is 1. The third-order valence-electron chi connectivity index (χ3n) is 3.51. The summed E-state index contributed by atoms with van der Waals surface area (Å²) in [5.41, 5.74) is 2.18. The van der Waals surface area contributed by atoms with Crippen LogP contribution < -0.4 is 20.1 Å². The smallest absolute Gasteiger partial charge is 0.176 e.